The lowest BCUT2D eigenvalue weighted by molar-refractivity contribution is -0.144. The lowest BCUT2D eigenvalue weighted by atomic mass is 9.85. The van der Waals surface area contributed by atoms with Gasteiger partial charge in [-0.05, 0) is 46.7 Å². The van der Waals surface area contributed by atoms with E-state index in [0.717, 1.165) is 32.8 Å². The minimum Gasteiger partial charge on any atom is -0.507 e. The van der Waals surface area contributed by atoms with Crippen LogP contribution in [-0.4, -0.2) is 134 Å². The lowest BCUT2D eigenvalue weighted by Gasteiger charge is -2.36. The van der Waals surface area contributed by atoms with Gasteiger partial charge in [0.25, 0.3) is 0 Å². The van der Waals surface area contributed by atoms with E-state index in [1.54, 1.807) is 41.7 Å². The quantitative estimate of drug-likeness (QED) is 0.0734. The number of para-hydroxylation sites is 1. The molecule has 18 heteroatoms. The van der Waals surface area contributed by atoms with Crippen molar-refractivity contribution in [3.8, 4) is 33.2 Å². The summed E-state index contributed by atoms with van der Waals surface area (Å²) in [4.78, 5) is 65.0. The fourth-order valence-electron chi connectivity index (χ4n) is 8.33. The summed E-state index contributed by atoms with van der Waals surface area (Å²) in [6, 6.07) is 22.6. The molecule has 68 heavy (non-hydrogen) atoms. The van der Waals surface area contributed by atoms with Gasteiger partial charge in [0.15, 0.2) is 11.6 Å². The number of likely N-dealkylation sites (tertiary alicyclic amines) is 1. The number of nitrogens with two attached hydrogens (primary N) is 1. The summed E-state index contributed by atoms with van der Waals surface area (Å²) in [7, 11) is 0. The molecule has 5 aromatic rings. The number of thiazole rings is 1. The fraction of sp³-hybridized carbons (Fsp3) is 0.420. The molecular weight excluding hydrogens is 885 g/mol. The molecule has 0 radical (unpaired) electrons. The molecule has 2 aliphatic heterocycles. The molecule has 0 unspecified atom stereocenters. The Morgan fingerprint density at radius 2 is 1.54 bits per heavy atom. The summed E-state index contributed by atoms with van der Waals surface area (Å²) < 4.78 is 5.92. The molecule has 2 aromatic heterocycles. The van der Waals surface area contributed by atoms with Crippen molar-refractivity contribution in [2.45, 2.75) is 78.2 Å². The number of carbonyl (C=O) groups excluding carboxylic acids is 4. The number of hydrogen-bond acceptors (Lipinski definition) is 14. The summed E-state index contributed by atoms with van der Waals surface area (Å²) in [6.45, 7) is 12.1. The molecule has 4 amide bonds. The van der Waals surface area contributed by atoms with Crippen molar-refractivity contribution in [1.82, 2.24) is 45.8 Å². The number of hydrogen-bond donors (Lipinski definition) is 6. The van der Waals surface area contributed by atoms with Crippen molar-refractivity contribution in [3.63, 3.8) is 0 Å². The van der Waals surface area contributed by atoms with Crippen molar-refractivity contribution >= 4 is 40.8 Å². The number of β-amino-alcohol motifs (C(OH)–C–C–N with tert-alkyl or cyclic N) is 1. The average molecular weight is 947 g/mol. The molecule has 360 valence electrons. The van der Waals surface area contributed by atoms with Crippen LogP contribution < -0.4 is 26.4 Å². The molecule has 4 heterocycles. The van der Waals surface area contributed by atoms with E-state index in [1.807, 2.05) is 81.7 Å². The predicted molar refractivity (Wildman–Crippen MR) is 260 cm³/mol. The highest BCUT2D eigenvalue weighted by Gasteiger charge is 2.44. The van der Waals surface area contributed by atoms with Gasteiger partial charge in [-0.25, -0.2) is 4.98 Å². The number of amides is 4. The maximum absolute atomic E-state index is 14.1. The number of aryl methyl sites for hydroxylation is 1. The van der Waals surface area contributed by atoms with Crippen molar-refractivity contribution in [2.75, 3.05) is 58.2 Å². The standard InChI is InChI=1S/C50H62N10O7S/c1-32-45(68-31-54-32)36-15-13-35(14-16-36)28-53-48(65)40-25-37(61)29-60(40)49(66)46(50(2,3)4)55-43(63)17-19-58-20-22-59(23-21-58)30-44(64)52-27-34-11-9-33(10-12-34)18-24-67-42-26-39(56-57-47(42)51)38-7-5-6-8-41(38)62/h5-16,26,31,37,40,46,61-62H,17-25,27-30H2,1-4H3,(H2,51,57)(H,52,64)(H,53,65)(H,55,63)/t37-,40+,46-/m1/s1. The number of aliphatic hydroxyl groups is 1. The first kappa shape index (κ1) is 49.4. The number of anilines is 1. The molecule has 7 rings (SSSR count). The normalized spacial score (nSPS) is 17.1. The van der Waals surface area contributed by atoms with E-state index < -0.39 is 29.5 Å². The van der Waals surface area contributed by atoms with Crippen LogP contribution in [0.2, 0.25) is 0 Å². The van der Waals surface area contributed by atoms with Gasteiger partial charge in [-0.1, -0.05) is 81.4 Å². The Labute approximate surface area is 401 Å². The number of nitrogens with one attached hydrogen (secondary N) is 3. The minimum absolute atomic E-state index is 0.00393. The van der Waals surface area contributed by atoms with E-state index >= 15 is 0 Å². The molecule has 3 atom stereocenters. The van der Waals surface area contributed by atoms with Crippen LogP contribution in [0.1, 0.15) is 56.0 Å². The largest absolute Gasteiger partial charge is 0.507 e. The number of piperazine rings is 1. The smallest absolute Gasteiger partial charge is 0.246 e. The van der Waals surface area contributed by atoms with Crippen LogP contribution >= 0.6 is 11.3 Å². The number of rotatable bonds is 18. The van der Waals surface area contributed by atoms with E-state index in [1.165, 1.54) is 4.90 Å². The SMILES string of the molecule is Cc1ncsc1-c1ccc(CNC(=O)[C@@H]2C[C@@H](O)CN2C(=O)[C@@H](NC(=O)CCN2CCN(CC(=O)NCc3ccc(CCOc4cc(-c5ccccc5O)nnc4N)cc3)CC2)C(C)(C)C)cc1. The van der Waals surface area contributed by atoms with Crippen LogP contribution in [0, 0.1) is 12.3 Å². The fourth-order valence-corrected chi connectivity index (χ4v) is 9.14. The second-order valence-electron chi connectivity index (χ2n) is 18.5. The van der Waals surface area contributed by atoms with Crippen LogP contribution in [0.25, 0.3) is 21.7 Å². The maximum Gasteiger partial charge on any atom is 0.246 e. The number of carbonyl (C=O) groups is 4. The number of benzene rings is 3. The zero-order valence-corrected chi connectivity index (χ0v) is 39.9. The van der Waals surface area contributed by atoms with Gasteiger partial charge in [0.05, 0.1) is 35.3 Å². The number of nitrogen functional groups attached to an aromatic ring is 1. The first-order valence-corrected chi connectivity index (χ1v) is 23.9. The Bertz CT molecular complexity index is 2520. The number of aromatic hydroxyl groups is 1. The Balaban J connectivity index is 0.796. The number of aromatic nitrogens is 3. The molecule has 0 saturated carbocycles. The van der Waals surface area contributed by atoms with Crippen LogP contribution in [0.5, 0.6) is 11.5 Å². The zero-order chi connectivity index (χ0) is 48.4. The van der Waals surface area contributed by atoms with Crippen LogP contribution in [0.3, 0.4) is 0 Å². The third-order valence-electron chi connectivity index (χ3n) is 12.3. The van der Waals surface area contributed by atoms with Crippen molar-refractivity contribution in [3.05, 3.63) is 107 Å². The van der Waals surface area contributed by atoms with Crippen molar-refractivity contribution in [2.24, 2.45) is 5.41 Å². The van der Waals surface area contributed by atoms with E-state index in [4.69, 9.17) is 10.5 Å². The Morgan fingerprint density at radius 1 is 0.882 bits per heavy atom. The maximum atomic E-state index is 14.1. The van der Waals surface area contributed by atoms with Gasteiger partial charge in [0.2, 0.25) is 23.6 Å². The molecule has 2 saturated heterocycles. The molecule has 3 aromatic carbocycles. The summed E-state index contributed by atoms with van der Waals surface area (Å²) in [6.07, 6.45) is 0.0504. The Kier molecular flexibility index (Phi) is 16.4. The first-order valence-electron chi connectivity index (χ1n) is 23.0. The Hall–Kier alpha value is -6.47. The number of ether oxygens (including phenoxy) is 1. The molecular formula is C50H62N10O7S. The third-order valence-corrected chi connectivity index (χ3v) is 13.3. The van der Waals surface area contributed by atoms with Crippen LogP contribution in [0.15, 0.2) is 84.4 Å². The van der Waals surface area contributed by atoms with Gasteiger partial charge < -0.3 is 46.4 Å². The van der Waals surface area contributed by atoms with Crippen molar-refractivity contribution in [1.29, 1.82) is 0 Å². The van der Waals surface area contributed by atoms with Crippen molar-refractivity contribution < 1.29 is 34.1 Å². The van der Waals surface area contributed by atoms with Gasteiger partial charge in [-0.2, -0.15) is 0 Å². The van der Waals surface area contributed by atoms with E-state index in [0.29, 0.717) is 69.3 Å². The molecule has 0 bridgehead atoms. The monoisotopic (exact) mass is 946 g/mol. The lowest BCUT2D eigenvalue weighted by Crippen LogP contribution is -2.58. The van der Waals surface area contributed by atoms with Gasteiger partial charge in [-0.15, -0.1) is 21.5 Å². The second-order valence-corrected chi connectivity index (χ2v) is 19.4. The number of phenols is 1. The summed E-state index contributed by atoms with van der Waals surface area (Å²) in [5, 5.41) is 37.8. The zero-order valence-electron chi connectivity index (χ0n) is 39.1. The number of nitrogens with zero attached hydrogens (tertiary/aromatic N) is 6. The van der Waals surface area contributed by atoms with Crippen LogP contribution in [0.4, 0.5) is 5.82 Å². The molecule has 2 fully saturated rings. The summed E-state index contributed by atoms with van der Waals surface area (Å²) in [5.41, 5.74) is 13.1. The average Bonchev–Trinajstić information content (AvgIpc) is 3.95. The van der Waals surface area contributed by atoms with Gasteiger partial charge in [0.1, 0.15) is 23.5 Å². The van der Waals surface area contributed by atoms with Crippen LogP contribution in [-0.2, 0) is 38.7 Å². The minimum atomic E-state index is -0.907. The summed E-state index contributed by atoms with van der Waals surface area (Å²) in [5.74, 6) is -0.456. The molecule has 0 spiro atoms. The molecule has 0 aliphatic carbocycles. The molecule has 2 aliphatic rings. The van der Waals surface area contributed by atoms with Gasteiger partial charge in [0, 0.05) is 83.3 Å². The third kappa shape index (κ3) is 13.2. The number of phenolic OH excluding ortho intramolecular Hbond substituents is 1. The van der Waals surface area contributed by atoms with Gasteiger partial charge in [-0.3, -0.25) is 24.1 Å². The first-order chi connectivity index (χ1) is 32.6. The topological polar surface area (TPSA) is 228 Å². The highest BCUT2D eigenvalue weighted by Crippen LogP contribution is 2.31. The number of aliphatic hydroxyl groups excluding tert-OH is 1. The Morgan fingerprint density at radius 3 is 2.22 bits per heavy atom. The highest BCUT2D eigenvalue weighted by molar-refractivity contribution is 7.13. The van der Waals surface area contributed by atoms with E-state index in [9.17, 15) is 29.4 Å². The molecule has 7 N–H and O–H groups in total. The van der Waals surface area contributed by atoms with E-state index in [2.05, 4.69) is 40.9 Å². The predicted octanol–water partition coefficient (Wildman–Crippen LogP) is 3.92. The highest BCUT2D eigenvalue weighted by atomic mass is 32.1. The molecule has 17 nitrogen and oxygen atoms in total. The summed E-state index contributed by atoms with van der Waals surface area (Å²) >= 11 is 1.58. The van der Waals surface area contributed by atoms with Gasteiger partial charge >= 0.3 is 0 Å². The van der Waals surface area contributed by atoms with E-state index in [-0.39, 0.29) is 61.8 Å². The second kappa shape index (κ2) is 22.6.